The Kier molecular flexibility index (Phi) is 16.1. The predicted molar refractivity (Wildman–Crippen MR) is 153 cm³/mol. The molecular formula is C28H52N4O9. The molecule has 2 atom stereocenters. The molecule has 0 heterocycles. The lowest BCUT2D eigenvalue weighted by Gasteiger charge is -2.23. The zero-order valence-corrected chi connectivity index (χ0v) is 26.5. The summed E-state index contributed by atoms with van der Waals surface area (Å²) < 4.78 is 20.5. The highest BCUT2D eigenvalue weighted by molar-refractivity contribution is 5.85. The fraction of sp³-hybridized carbons (Fsp3) is 0.821. The third-order valence-electron chi connectivity index (χ3n) is 4.99. The topological polar surface area (TPSA) is 170 Å². The van der Waals surface area contributed by atoms with Crippen LogP contribution < -0.4 is 21.3 Å². The highest BCUT2D eigenvalue weighted by Gasteiger charge is 2.26. The molecule has 4 N–H and O–H groups in total. The molecule has 0 fully saturated rings. The average molecular weight is 589 g/mol. The summed E-state index contributed by atoms with van der Waals surface area (Å²) in [6, 6.07) is -1.73. The number of esters is 1. The van der Waals surface area contributed by atoms with E-state index in [-0.39, 0.29) is 18.9 Å². The van der Waals surface area contributed by atoms with Gasteiger partial charge in [0.25, 0.3) is 0 Å². The molecule has 0 saturated carbocycles. The smallest absolute Gasteiger partial charge is 0.408 e. The molecule has 2 unspecified atom stereocenters. The summed E-state index contributed by atoms with van der Waals surface area (Å²) in [7, 11) is 1.23. The van der Waals surface area contributed by atoms with Gasteiger partial charge in [-0.2, -0.15) is 0 Å². The Balaban J connectivity index is 4.83. The molecule has 4 amide bonds. The number of hydrogen-bond donors (Lipinski definition) is 4. The van der Waals surface area contributed by atoms with Gasteiger partial charge in [-0.25, -0.2) is 19.2 Å². The Labute approximate surface area is 244 Å². The molecule has 0 saturated heterocycles. The third-order valence-corrected chi connectivity index (χ3v) is 4.99. The van der Waals surface area contributed by atoms with E-state index in [4.69, 9.17) is 18.9 Å². The molecule has 0 aliphatic rings. The zero-order valence-electron chi connectivity index (χ0n) is 26.5. The number of carbonyl (C=O) groups excluding carboxylic acids is 5. The van der Waals surface area contributed by atoms with Crippen LogP contribution in [0.15, 0.2) is 0 Å². The van der Waals surface area contributed by atoms with E-state index < -0.39 is 53.1 Å². The van der Waals surface area contributed by atoms with Crippen molar-refractivity contribution in [2.24, 2.45) is 0 Å². The van der Waals surface area contributed by atoms with Crippen molar-refractivity contribution in [3.05, 3.63) is 0 Å². The Hall–Kier alpha value is -3.25. The molecule has 0 rings (SSSR count). The van der Waals surface area contributed by atoms with Gasteiger partial charge in [0.1, 0.15) is 28.9 Å². The molecule has 0 aromatic heterocycles. The van der Waals surface area contributed by atoms with Crippen molar-refractivity contribution < 1.29 is 42.9 Å². The van der Waals surface area contributed by atoms with Gasteiger partial charge >= 0.3 is 24.2 Å². The van der Waals surface area contributed by atoms with Crippen LogP contribution in [0.4, 0.5) is 14.4 Å². The normalized spacial score (nSPS) is 13.2. The van der Waals surface area contributed by atoms with E-state index in [1.165, 1.54) is 7.11 Å². The van der Waals surface area contributed by atoms with Crippen LogP contribution >= 0.6 is 0 Å². The minimum atomic E-state index is -0.888. The molecule has 0 radical (unpaired) electrons. The second-order valence-electron chi connectivity index (χ2n) is 12.6. The molecular weight excluding hydrogens is 536 g/mol. The fourth-order valence-electron chi connectivity index (χ4n) is 3.35. The van der Waals surface area contributed by atoms with Gasteiger partial charge in [-0.05, 0) is 101 Å². The molecule has 238 valence electrons. The first-order valence-electron chi connectivity index (χ1n) is 14.0. The molecule has 0 aliphatic carbocycles. The first kappa shape index (κ1) is 37.8. The molecule has 0 spiro atoms. The van der Waals surface area contributed by atoms with Crippen molar-refractivity contribution in [3.8, 4) is 0 Å². The van der Waals surface area contributed by atoms with E-state index in [9.17, 15) is 24.0 Å². The van der Waals surface area contributed by atoms with Gasteiger partial charge in [0.2, 0.25) is 5.91 Å². The molecule has 0 bridgehead atoms. The van der Waals surface area contributed by atoms with Crippen LogP contribution in [0.5, 0.6) is 0 Å². The Morgan fingerprint density at radius 1 is 0.561 bits per heavy atom. The number of amides is 4. The van der Waals surface area contributed by atoms with Gasteiger partial charge in [-0.15, -0.1) is 0 Å². The maximum absolute atomic E-state index is 12.9. The van der Waals surface area contributed by atoms with Crippen LogP contribution in [0.25, 0.3) is 0 Å². The zero-order chi connectivity index (χ0) is 31.9. The number of ether oxygens (including phenoxy) is 4. The molecule has 41 heavy (non-hydrogen) atoms. The number of alkyl carbamates (subject to hydrolysis) is 3. The standard InChI is InChI=1S/C28H52N4O9/c1-26(2,3)39-23(35)30-18-14-11-15-19(31-24(36)40-27(4,5)6)21(33)29-17-13-12-16-20(22(34)38-10)32-25(37)41-28(7,8)9/h19-20H,11-18H2,1-10H3,(H,29,33)(H,30,35)(H,31,36)(H,32,37). The van der Waals surface area contributed by atoms with Gasteiger partial charge in [0.15, 0.2) is 0 Å². The maximum Gasteiger partial charge on any atom is 0.408 e. The summed E-state index contributed by atoms with van der Waals surface area (Å²) in [4.78, 5) is 61.1. The number of unbranched alkanes of at least 4 members (excludes halogenated alkanes) is 2. The van der Waals surface area contributed by atoms with E-state index in [1.54, 1.807) is 62.3 Å². The van der Waals surface area contributed by atoms with Crippen molar-refractivity contribution in [3.63, 3.8) is 0 Å². The third kappa shape index (κ3) is 21.2. The minimum Gasteiger partial charge on any atom is -0.467 e. The van der Waals surface area contributed by atoms with Crippen molar-refractivity contribution in [2.45, 2.75) is 130 Å². The number of nitrogens with one attached hydrogen (secondary N) is 4. The van der Waals surface area contributed by atoms with Gasteiger partial charge in [-0.1, -0.05) is 0 Å². The van der Waals surface area contributed by atoms with E-state index in [1.807, 2.05) is 0 Å². The molecule has 13 nitrogen and oxygen atoms in total. The van der Waals surface area contributed by atoms with E-state index in [0.717, 1.165) is 0 Å². The van der Waals surface area contributed by atoms with Crippen LogP contribution in [0, 0.1) is 0 Å². The number of rotatable bonds is 14. The van der Waals surface area contributed by atoms with Crippen LogP contribution in [-0.4, -0.2) is 79.2 Å². The van der Waals surface area contributed by atoms with Crippen LogP contribution in [0.3, 0.4) is 0 Å². The Morgan fingerprint density at radius 3 is 1.39 bits per heavy atom. The summed E-state index contributed by atoms with van der Waals surface area (Å²) in [5.74, 6) is -0.977. The number of carbonyl (C=O) groups is 5. The lowest BCUT2D eigenvalue weighted by molar-refractivity contribution is -0.143. The monoisotopic (exact) mass is 588 g/mol. The largest absolute Gasteiger partial charge is 0.467 e. The van der Waals surface area contributed by atoms with Crippen molar-refractivity contribution >= 4 is 30.2 Å². The fourth-order valence-corrected chi connectivity index (χ4v) is 3.35. The first-order valence-corrected chi connectivity index (χ1v) is 14.0. The Morgan fingerprint density at radius 2 is 0.951 bits per heavy atom. The van der Waals surface area contributed by atoms with Gasteiger partial charge in [-0.3, -0.25) is 4.79 Å². The van der Waals surface area contributed by atoms with Crippen LogP contribution in [0.2, 0.25) is 0 Å². The number of hydrogen-bond acceptors (Lipinski definition) is 9. The number of methoxy groups -OCH3 is 1. The van der Waals surface area contributed by atoms with Crippen molar-refractivity contribution in [1.82, 2.24) is 21.3 Å². The van der Waals surface area contributed by atoms with E-state index in [2.05, 4.69) is 21.3 Å². The molecule has 0 aromatic carbocycles. The van der Waals surface area contributed by atoms with Crippen molar-refractivity contribution in [2.75, 3.05) is 20.2 Å². The predicted octanol–water partition coefficient (Wildman–Crippen LogP) is 3.93. The summed E-state index contributed by atoms with van der Waals surface area (Å²) in [5.41, 5.74) is -2.04. The highest BCUT2D eigenvalue weighted by Crippen LogP contribution is 2.11. The van der Waals surface area contributed by atoms with Crippen molar-refractivity contribution in [1.29, 1.82) is 0 Å². The summed E-state index contributed by atoms with van der Waals surface area (Å²) in [6.07, 6.45) is 0.771. The SMILES string of the molecule is COC(=O)C(CCCCNC(=O)C(CCCCNC(=O)OC(C)(C)C)NC(=O)OC(C)(C)C)NC(=O)OC(C)(C)C. The summed E-state index contributed by atoms with van der Waals surface area (Å²) in [5, 5.41) is 10.6. The van der Waals surface area contributed by atoms with Gasteiger partial charge in [0.05, 0.1) is 7.11 Å². The maximum atomic E-state index is 12.9. The molecule has 13 heteroatoms. The van der Waals surface area contributed by atoms with Gasteiger partial charge in [0, 0.05) is 13.1 Å². The van der Waals surface area contributed by atoms with E-state index in [0.29, 0.717) is 38.6 Å². The molecule has 0 aromatic rings. The Bertz CT molecular complexity index is 858. The lowest BCUT2D eigenvalue weighted by Crippen LogP contribution is -2.48. The van der Waals surface area contributed by atoms with E-state index >= 15 is 0 Å². The average Bonchev–Trinajstić information content (AvgIpc) is 2.77. The van der Waals surface area contributed by atoms with Crippen LogP contribution in [-0.2, 0) is 28.5 Å². The van der Waals surface area contributed by atoms with Crippen LogP contribution in [0.1, 0.15) is 101 Å². The summed E-state index contributed by atoms with van der Waals surface area (Å²) >= 11 is 0. The first-order chi connectivity index (χ1) is 18.7. The molecule has 0 aliphatic heterocycles. The summed E-state index contributed by atoms with van der Waals surface area (Å²) in [6.45, 7) is 16.3. The highest BCUT2D eigenvalue weighted by atomic mass is 16.6. The second kappa shape index (κ2) is 17.5. The van der Waals surface area contributed by atoms with Gasteiger partial charge < -0.3 is 40.2 Å². The second-order valence-corrected chi connectivity index (χ2v) is 12.6. The lowest BCUT2D eigenvalue weighted by atomic mass is 10.1. The minimum absolute atomic E-state index is 0.284. The quantitative estimate of drug-likeness (QED) is 0.133.